The molecular formula is C24H28Cl2IN3O3. The average Bonchev–Trinajstić information content (AvgIpc) is 2.80. The van der Waals surface area contributed by atoms with Crippen LogP contribution in [0.5, 0.6) is 5.75 Å². The Bertz CT molecular complexity index is 1060. The Labute approximate surface area is 218 Å². The molecule has 33 heavy (non-hydrogen) atoms. The minimum atomic E-state index is -0.696. The molecule has 0 aliphatic carbocycles. The van der Waals surface area contributed by atoms with E-state index in [-0.39, 0.29) is 0 Å². The summed E-state index contributed by atoms with van der Waals surface area (Å²) in [6, 6.07) is 14.9. The number of benzene rings is 2. The molecule has 0 saturated heterocycles. The topological polar surface area (TPSA) is 54.9 Å². The van der Waals surface area contributed by atoms with Crippen molar-refractivity contribution in [3.63, 3.8) is 0 Å². The van der Waals surface area contributed by atoms with Crippen molar-refractivity contribution >= 4 is 74.0 Å². The summed E-state index contributed by atoms with van der Waals surface area (Å²) in [5, 5.41) is 2.77. The Morgan fingerprint density at radius 2 is 1.73 bits per heavy atom. The Kier molecular flexibility index (Phi) is 11.0. The zero-order valence-corrected chi connectivity index (χ0v) is 23.0. The van der Waals surface area contributed by atoms with Crippen molar-refractivity contribution in [3.05, 3.63) is 58.7 Å². The van der Waals surface area contributed by atoms with Crippen LogP contribution in [0.15, 0.2) is 48.5 Å². The normalized spacial score (nSPS) is 11.5. The van der Waals surface area contributed by atoms with Gasteiger partial charge in [-0.2, -0.15) is 0 Å². The number of rotatable bonds is 8. The Morgan fingerprint density at radius 3 is 2.36 bits per heavy atom. The van der Waals surface area contributed by atoms with E-state index in [1.54, 1.807) is 25.1 Å². The Morgan fingerprint density at radius 1 is 1.06 bits per heavy atom. The molecule has 0 saturated carbocycles. The number of anilines is 2. The first kappa shape index (κ1) is 27.4. The van der Waals surface area contributed by atoms with Crippen LogP contribution in [0.1, 0.15) is 6.92 Å². The molecule has 2 aromatic carbocycles. The number of esters is 1. The number of hydrogen-bond donors (Lipinski definition) is 0. The van der Waals surface area contributed by atoms with Crippen molar-refractivity contribution in [1.29, 1.82) is 0 Å². The summed E-state index contributed by atoms with van der Waals surface area (Å²) in [5.41, 5.74) is 0.894. The fraction of sp³-hybridized carbons (Fsp3) is 0.333. The van der Waals surface area contributed by atoms with Gasteiger partial charge in [-0.1, -0.05) is 51.9 Å². The molecule has 0 radical (unpaired) electrons. The summed E-state index contributed by atoms with van der Waals surface area (Å²) < 4.78 is 10.9. The van der Waals surface area contributed by atoms with Gasteiger partial charge in [0, 0.05) is 29.7 Å². The molecule has 1 atom stereocenters. The van der Waals surface area contributed by atoms with E-state index in [0.717, 1.165) is 16.5 Å². The smallest absolute Gasteiger partial charge is 0.347 e. The standard InChI is InChI=1S/C23H25Cl2N3O3.CH3I/c1-15(23(29)30-12-11-27(2)3)31-19-9-7-18(8-10-19)28(4)21-13-16-5-6-17(24)14-20(16)22(25)26-21;1-2/h5-10,13-15H,11-12H2,1-4H3;1H3. The predicted molar refractivity (Wildman–Crippen MR) is 146 cm³/mol. The molecule has 6 nitrogen and oxygen atoms in total. The van der Waals surface area contributed by atoms with E-state index >= 15 is 0 Å². The van der Waals surface area contributed by atoms with Crippen molar-refractivity contribution in [2.45, 2.75) is 13.0 Å². The first-order chi connectivity index (χ1) is 15.7. The zero-order chi connectivity index (χ0) is 24.5. The summed E-state index contributed by atoms with van der Waals surface area (Å²) in [7, 11) is 5.74. The van der Waals surface area contributed by atoms with Gasteiger partial charge < -0.3 is 19.3 Å². The van der Waals surface area contributed by atoms with Crippen LogP contribution in [-0.4, -0.2) is 61.2 Å². The van der Waals surface area contributed by atoms with Gasteiger partial charge >= 0.3 is 5.97 Å². The third-order valence-corrected chi connectivity index (χ3v) is 5.25. The lowest BCUT2D eigenvalue weighted by molar-refractivity contribution is -0.151. The number of carbonyl (C=O) groups is 1. The van der Waals surface area contributed by atoms with E-state index in [9.17, 15) is 4.79 Å². The van der Waals surface area contributed by atoms with Crippen molar-refractivity contribution in [1.82, 2.24) is 9.88 Å². The SMILES string of the molecule is CC(Oc1ccc(N(C)c2cc3ccc(Cl)cc3c(Cl)n2)cc1)C(=O)OCCN(C)C.CI. The lowest BCUT2D eigenvalue weighted by Gasteiger charge is -2.20. The molecule has 0 N–H and O–H groups in total. The molecule has 3 aromatic rings. The largest absolute Gasteiger partial charge is 0.479 e. The summed E-state index contributed by atoms with van der Waals surface area (Å²) >= 11 is 14.6. The lowest BCUT2D eigenvalue weighted by atomic mass is 10.1. The zero-order valence-electron chi connectivity index (χ0n) is 19.3. The fourth-order valence-corrected chi connectivity index (χ4v) is 3.34. The molecule has 9 heteroatoms. The minimum absolute atomic E-state index is 0.330. The first-order valence-electron chi connectivity index (χ1n) is 10.2. The quantitative estimate of drug-likeness (QED) is 0.132. The molecule has 0 bridgehead atoms. The van der Waals surface area contributed by atoms with Crippen molar-refractivity contribution in [2.75, 3.05) is 44.1 Å². The molecular weight excluding hydrogens is 576 g/mol. The second-order valence-electron chi connectivity index (χ2n) is 7.42. The maximum Gasteiger partial charge on any atom is 0.347 e. The third kappa shape index (κ3) is 7.88. The van der Waals surface area contributed by atoms with E-state index in [1.165, 1.54) is 0 Å². The summed E-state index contributed by atoms with van der Waals surface area (Å²) in [5.74, 6) is 0.887. The average molecular weight is 604 g/mol. The molecule has 178 valence electrons. The minimum Gasteiger partial charge on any atom is -0.479 e. The van der Waals surface area contributed by atoms with Gasteiger partial charge in [-0.25, -0.2) is 9.78 Å². The fourth-order valence-electron chi connectivity index (χ4n) is 2.92. The molecule has 1 aromatic heterocycles. The maximum absolute atomic E-state index is 12.0. The number of pyridine rings is 1. The molecule has 0 aliphatic rings. The number of carbonyl (C=O) groups excluding carboxylic acids is 1. The van der Waals surface area contributed by atoms with Gasteiger partial charge in [0.1, 0.15) is 23.3 Å². The molecule has 3 rings (SSSR count). The third-order valence-electron chi connectivity index (χ3n) is 4.73. The van der Waals surface area contributed by atoms with E-state index < -0.39 is 12.1 Å². The number of likely N-dealkylation sites (N-methyl/N-ethyl adjacent to an activating group) is 1. The number of hydrogen-bond acceptors (Lipinski definition) is 6. The van der Waals surface area contributed by atoms with Crippen LogP contribution in [0.4, 0.5) is 11.5 Å². The Hall–Kier alpha value is -1.81. The van der Waals surface area contributed by atoms with Gasteiger partial charge in [0.25, 0.3) is 0 Å². The van der Waals surface area contributed by atoms with Gasteiger partial charge in [-0.3, -0.25) is 0 Å². The molecule has 1 unspecified atom stereocenters. The van der Waals surface area contributed by atoms with Crippen LogP contribution in [0.2, 0.25) is 10.2 Å². The van der Waals surface area contributed by atoms with E-state index in [0.29, 0.717) is 34.9 Å². The molecule has 0 fully saturated rings. The van der Waals surface area contributed by atoms with Gasteiger partial charge in [0.15, 0.2) is 6.10 Å². The van der Waals surface area contributed by atoms with E-state index in [2.05, 4.69) is 27.6 Å². The summed E-state index contributed by atoms with van der Waals surface area (Å²) in [6.07, 6.45) is -0.696. The number of ether oxygens (including phenoxy) is 2. The second kappa shape index (κ2) is 13.2. The maximum atomic E-state index is 12.0. The summed E-state index contributed by atoms with van der Waals surface area (Å²) in [6.45, 7) is 2.67. The molecule has 0 aliphatic heterocycles. The van der Waals surface area contributed by atoms with Crippen LogP contribution in [0.3, 0.4) is 0 Å². The highest BCUT2D eigenvalue weighted by atomic mass is 127. The van der Waals surface area contributed by atoms with Gasteiger partial charge in [-0.15, -0.1) is 0 Å². The van der Waals surface area contributed by atoms with Crippen LogP contribution in [-0.2, 0) is 9.53 Å². The number of fused-ring (bicyclic) bond motifs is 1. The highest BCUT2D eigenvalue weighted by molar-refractivity contribution is 14.1. The lowest BCUT2D eigenvalue weighted by Crippen LogP contribution is -2.29. The molecule has 1 heterocycles. The second-order valence-corrected chi connectivity index (χ2v) is 8.21. The van der Waals surface area contributed by atoms with Gasteiger partial charge in [0.2, 0.25) is 0 Å². The van der Waals surface area contributed by atoms with Crippen LogP contribution >= 0.6 is 45.8 Å². The molecule has 0 amide bonds. The highest BCUT2D eigenvalue weighted by Gasteiger charge is 2.17. The number of aromatic nitrogens is 1. The Balaban J connectivity index is 0.00000187. The van der Waals surface area contributed by atoms with E-state index in [4.69, 9.17) is 32.7 Å². The highest BCUT2D eigenvalue weighted by Crippen LogP contribution is 2.31. The van der Waals surface area contributed by atoms with E-state index in [1.807, 2.05) is 66.2 Å². The van der Waals surface area contributed by atoms with Crippen LogP contribution < -0.4 is 9.64 Å². The number of nitrogens with zero attached hydrogens (tertiary/aromatic N) is 3. The van der Waals surface area contributed by atoms with Crippen molar-refractivity contribution in [3.8, 4) is 5.75 Å². The summed E-state index contributed by atoms with van der Waals surface area (Å²) in [4.78, 5) is 22.4. The predicted octanol–water partition coefficient (Wildman–Crippen LogP) is 6.23. The van der Waals surface area contributed by atoms with Crippen molar-refractivity contribution < 1.29 is 14.3 Å². The number of alkyl halides is 1. The van der Waals surface area contributed by atoms with Crippen LogP contribution in [0.25, 0.3) is 10.8 Å². The molecule has 0 spiro atoms. The monoisotopic (exact) mass is 603 g/mol. The van der Waals surface area contributed by atoms with Gasteiger partial charge in [-0.05, 0) is 73.8 Å². The van der Waals surface area contributed by atoms with Crippen LogP contribution in [0, 0.1) is 0 Å². The first-order valence-corrected chi connectivity index (χ1v) is 13.1. The van der Waals surface area contributed by atoms with Crippen molar-refractivity contribution in [2.24, 2.45) is 0 Å². The number of halogens is 3. The van der Waals surface area contributed by atoms with Gasteiger partial charge in [0.05, 0.1) is 0 Å².